The van der Waals surface area contributed by atoms with Gasteiger partial charge in [-0.2, -0.15) is 0 Å². The number of benzene rings is 1. The van der Waals surface area contributed by atoms with Gasteiger partial charge >= 0.3 is 0 Å². The first-order valence-electron chi connectivity index (χ1n) is 7.50. The summed E-state index contributed by atoms with van der Waals surface area (Å²) in [5.41, 5.74) is 7.57. The van der Waals surface area contributed by atoms with Crippen LogP contribution in [0.3, 0.4) is 0 Å². The molecule has 26 heavy (non-hydrogen) atoms. The molecule has 0 saturated carbocycles. The van der Waals surface area contributed by atoms with Crippen LogP contribution in [0.5, 0.6) is 0 Å². The summed E-state index contributed by atoms with van der Waals surface area (Å²) in [4.78, 5) is 9.29. The zero-order valence-corrected chi connectivity index (χ0v) is 16.5. The molecule has 0 atom stereocenters. The second-order valence-electron chi connectivity index (χ2n) is 5.40. The lowest BCUT2D eigenvalue weighted by Crippen LogP contribution is -2.08. The third kappa shape index (κ3) is 3.37. The molecule has 0 aliphatic carbocycles. The number of thioether (sulfide) groups is 1. The lowest BCUT2D eigenvalue weighted by atomic mass is 10.1. The second kappa shape index (κ2) is 7.18. The van der Waals surface area contributed by atoms with Gasteiger partial charge in [-0.15, -0.1) is 23.1 Å². The van der Waals surface area contributed by atoms with Crippen molar-refractivity contribution in [2.45, 2.75) is 20.9 Å². The van der Waals surface area contributed by atoms with Crippen molar-refractivity contribution >= 4 is 38.8 Å². The predicted molar refractivity (Wildman–Crippen MR) is 105 cm³/mol. The number of amidine groups is 1. The van der Waals surface area contributed by atoms with Crippen LogP contribution in [-0.2, 0) is 9.84 Å². The molecule has 0 aliphatic heterocycles. The van der Waals surface area contributed by atoms with Gasteiger partial charge in [0.15, 0.2) is 0 Å². The summed E-state index contributed by atoms with van der Waals surface area (Å²) in [6.07, 6.45) is 4.97. The van der Waals surface area contributed by atoms with Crippen LogP contribution in [0.1, 0.15) is 10.6 Å². The van der Waals surface area contributed by atoms with E-state index in [0.29, 0.717) is 20.3 Å². The van der Waals surface area contributed by atoms with Crippen molar-refractivity contribution in [3.63, 3.8) is 0 Å². The highest BCUT2D eigenvalue weighted by molar-refractivity contribution is 8.01. The van der Waals surface area contributed by atoms with E-state index in [1.54, 1.807) is 42.9 Å². The number of hydrogen-bond donors (Lipinski definition) is 2. The van der Waals surface area contributed by atoms with Crippen molar-refractivity contribution in [1.82, 2.24) is 9.97 Å². The molecule has 0 bridgehead atoms. The number of aromatic nitrogens is 2. The normalized spacial score (nSPS) is 11.5. The van der Waals surface area contributed by atoms with Gasteiger partial charge in [0.25, 0.3) is 0 Å². The monoisotopic (exact) mass is 404 g/mol. The number of aryl methyl sites for hydroxylation is 1. The van der Waals surface area contributed by atoms with Gasteiger partial charge in [0, 0.05) is 18.0 Å². The third-order valence-electron chi connectivity index (χ3n) is 3.71. The van der Waals surface area contributed by atoms with Crippen LogP contribution in [0.15, 0.2) is 56.7 Å². The van der Waals surface area contributed by atoms with Crippen LogP contribution in [0.2, 0.25) is 0 Å². The maximum Gasteiger partial charge on any atom is 0.208 e. The first kappa shape index (κ1) is 18.6. The van der Waals surface area contributed by atoms with Gasteiger partial charge in [0.05, 0.1) is 30.3 Å². The van der Waals surface area contributed by atoms with Crippen LogP contribution in [0, 0.1) is 12.3 Å². The van der Waals surface area contributed by atoms with Crippen molar-refractivity contribution in [2.75, 3.05) is 6.26 Å². The van der Waals surface area contributed by atoms with Crippen LogP contribution in [0.4, 0.5) is 0 Å². The van der Waals surface area contributed by atoms with Crippen molar-refractivity contribution < 1.29 is 8.42 Å². The number of nitrogen functional groups attached to an aromatic ring is 1. The summed E-state index contributed by atoms with van der Waals surface area (Å²) in [6, 6.07) is 8.11. The number of sulfone groups is 1. The molecule has 0 saturated heterocycles. The van der Waals surface area contributed by atoms with E-state index in [4.69, 9.17) is 11.1 Å². The van der Waals surface area contributed by atoms with Gasteiger partial charge < -0.3 is 5.73 Å². The fourth-order valence-corrected chi connectivity index (χ4v) is 6.35. The van der Waals surface area contributed by atoms with E-state index < -0.39 is 9.84 Å². The minimum absolute atomic E-state index is 0.143. The minimum atomic E-state index is -3.75. The molecular formula is C17H16N4O2S3. The van der Waals surface area contributed by atoms with E-state index in [1.807, 2.05) is 6.92 Å². The van der Waals surface area contributed by atoms with Crippen molar-refractivity contribution in [2.24, 2.45) is 5.73 Å². The molecule has 2 heterocycles. The maximum atomic E-state index is 13.2. The quantitative estimate of drug-likeness (QED) is 0.383. The Morgan fingerprint density at radius 1 is 1.23 bits per heavy atom. The van der Waals surface area contributed by atoms with E-state index in [9.17, 15) is 8.42 Å². The molecule has 0 radical (unpaired) electrons. The summed E-state index contributed by atoms with van der Waals surface area (Å²) < 4.78 is 26.9. The molecule has 0 spiro atoms. The molecule has 3 rings (SSSR count). The number of nitrogens with one attached hydrogen (secondary N) is 1. The minimum Gasteiger partial charge on any atom is -0.383 e. The Kier molecular flexibility index (Phi) is 5.12. The molecule has 1 aromatic carbocycles. The fraction of sp³-hybridized carbons (Fsp3) is 0.118. The average molecular weight is 405 g/mol. The Balaban J connectivity index is 2.13. The molecule has 0 fully saturated rings. The van der Waals surface area contributed by atoms with E-state index in [1.165, 1.54) is 29.2 Å². The Labute approximate surface area is 159 Å². The van der Waals surface area contributed by atoms with Crippen molar-refractivity contribution in [3.8, 4) is 11.3 Å². The summed E-state index contributed by atoms with van der Waals surface area (Å²) in [7, 11) is -3.75. The van der Waals surface area contributed by atoms with Crippen LogP contribution in [-0.4, -0.2) is 30.5 Å². The fourth-order valence-electron chi connectivity index (χ4n) is 2.45. The zero-order valence-electron chi connectivity index (χ0n) is 14.1. The van der Waals surface area contributed by atoms with Gasteiger partial charge in [-0.05, 0) is 31.4 Å². The molecule has 6 nitrogen and oxygen atoms in total. The lowest BCUT2D eigenvalue weighted by molar-refractivity contribution is 0.595. The van der Waals surface area contributed by atoms with Crippen LogP contribution < -0.4 is 5.73 Å². The van der Waals surface area contributed by atoms with Gasteiger partial charge in [-0.3, -0.25) is 15.4 Å². The van der Waals surface area contributed by atoms with E-state index in [2.05, 4.69) is 9.97 Å². The summed E-state index contributed by atoms with van der Waals surface area (Å²) >= 11 is 2.53. The van der Waals surface area contributed by atoms with E-state index in [-0.39, 0.29) is 15.6 Å². The number of nitrogens with zero attached hydrogens (tertiary/aromatic N) is 2. The number of hydrogen-bond acceptors (Lipinski definition) is 7. The molecule has 0 aliphatic rings. The molecular weight excluding hydrogens is 388 g/mol. The molecule has 2 aromatic heterocycles. The molecule has 0 unspecified atom stereocenters. The Morgan fingerprint density at radius 3 is 2.62 bits per heavy atom. The standard InChI is InChI=1S/C17H16N4O2S3/c1-10-15(21-7-6-20-10)11-4-3-5-12(8-11)26(22,23)14-9-13(16(18)19)25-17(14)24-2/h3-9H,1-2H3,(H3,18,19). The molecule has 0 amide bonds. The van der Waals surface area contributed by atoms with Crippen molar-refractivity contribution in [1.29, 1.82) is 5.41 Å². The second-order valence-corrected chi connectivity index (χ2v) is 9.45. The van der Waals surface area contributed by atoms with Crippen molar-refractivity contribution in [3.05, 3.63) is 53.3 Å². The van der Waals surface area contributed by atoms with E-state index >= 15 is 0 Å². The molecule has 134 valence electrons. The van der Waals surface area contributed by atoms with Gasteiger partial charge in [0.1, 0.15) is 5.84 Å². The first-order chi connectivity index (χ1) is 12.3. The van der Waals surface area contributed by atoms with Crippen LogP contribution >= 0.6 is 23.1 Å². The highest BCUT2D eigenvalue weighted by Gasteiger charge is 2.25. The number of thiophene rings is 1. The number of rotatable bonds is 5. The lowest BCUT2D eigenvalue weighted by Gasteiger charge is -2.08. The summed E-state index contributed by atoms with van der Waals surface area (Å²) in [5, 5.41) is 7.57. The van der Waals surface area contributed by atoms with E-state index in [0.717, 1.165) is 5.69 Å². The molecule has 3 aromatic rings. The largest absolute Gasteiger partial charge is 0.383 e. The average Bonchev–Trinajstić information content (AvgIpc) is 3.08. The van der Waals surface area contributed by atoms with Gasteiger partial charge in [-0.25, -0.2) is 8.42 Å². The predicted octanol–water partition coefficient (Wildman–Crippen LogP) is 3.35. The Hall–Kier alpha value is -2.23. The summed E-state index contributed by atoms with van der Waals surface area (Å²) in [5.74, 6) is -0.143. The first-order valence-corrected chi connectivity index (χ1v) is 11.0. The third-order valence-corrected chi connectivity index (χ3v) is 8.04. The van der Waals surface area contributed by atoms with Gasteiger partial charge in [-0.1, -0.05) is 12.1 Å². The Bertz CT molecular complexity index is 1090. The summed E-state index contributed by atoms with van der Waals surface area (Å²) in [6.45, 7) is 1.83. The topological polar surface area (TPSA) is 110 Å². The highest BCUT2D eigenvalue weighted by Crippen LogP contribution is 2.37. The number of nitrogens with two attached hydrogens (primary N) is 1. The SMILES string of the molecule is CSc1sc(C(=N)N)cc1S(=O)(=O)c1cccc(-c2nccnc2C)c1. The van der Waals surface area contributed by atoms with Gasteiger partial charge in [0.2, 0.25) is 9.84 Å². The smallest absolute Gasteiger partial charge is 0.208 e. The van der Waals surface area contributed by atoms with Crippen LogP contribution in [0.25, 0.3) is 11.3 Å². The molecule has 9 heteroatoms. The molecule has 3 N–H and O–H groups in total. The Morgan fingerprint density at radius 2 is 1.96 bits per heavy atom. The highest BCUT2D eigenvalue weighted by atomic mass is 32.2. The maximum absolute atomic E-state index is 13.2. The zero-order chi connectivity index (χ0) is 18.9.